The van der Waals surface area contributed by atoms with Gasteiger partial charge in [-0.15, -0.1) is 4.86 Å². The second kappa shape index (κ2) is 64.1. The molecule has 172 valence electrons. The standard InChI is InChI=1S/C5H8O2.C4H10.C4H8.C2H6N2O.C2H6N2.C2H6O.CH4/c1-3-4-5(6)7-2;2*1-3-4-2;1-3-4(2)5;1-3-4-2;1-3-2;/h3-4H,1-2H3;3-4H2,1-2H3;3-4H,1-2H3;1-2H3;1-2H3;1-2H3;1H4/b4-3+;;;;;;. The molecule has 0 amide bonds. The van der Waals surface area contributed by atoms with E-state index in [2.05, 4.69) is 38.7 Å². The van der Waals surface area contributed by atoms with Gasteiger partial charge in [0, 0.05) is 34.4 Å². The number of rotatable bonds is 2. The van der Waals surface area contributed by atoms with Crippen LogP contribution in [0.2, 0.25) is 0 Å². The molecule has 0 atom stereocenters. The smallest absolute Gasteiger partial charge is 0.330 e. The number of hydrogen-bond acceptors (Lipinski definition) is 7. The second-order valence-electron chi connectivity index (χ2n) is 4.16. The monoisotopic (exact) mass is 408 g/mol. The summed E-state index contributed by atoms with van der Waals surface area (Å²) >= 11 is 0. The maximum Gasteiger partial charge on any atom is 0.330 e. The van der Waals surface area contributed by atoms with Gasteiger partial charge < -0.3 is 14.7 Å². The van der Waals surface area contributed by atoms with Crippen molar-refractivity contribution in [2.75, 3.05) is 49.5 Å². The van der Waals surface area contributed by atoms with Crippen molar-refractivity contribution < 1.29 is 19.1 Å². The van der Waals surface area contributed by atoms with Crippen molar-refractivity contribution >= 4 is 5.97 Å². The second-order valence-corrected chi connectivity index (χ2v) is 4.16. The molecule has 0 N–H and O–H groups in total. The van der Waals surface area contributed by atoms with Crippen LogP contribution in [0.15, 0.2) is 39.6 Å². The quantitative estimate of drug-likeness (QED) is 0.141. The third kappa shape index (κ3) is 201. The van der Waals surface area contributed by atoms with Crippen LogP contribution in [0.4, 0.5) is 0 Å². The number of hydroxylamine groups is 1. The molecule has 0 bridgehead atoms. The van der Waals surface area contributed by atoms with Crippen molar-refractivity contribution in [1.29, 1.82) is 0 Å². The summed E-state index contributed by atoms with van der Waals surface area (Å²) in [5, 5.41) is 19.5. The lowest BCUT2D eigenvalue weighted by Crippen LogP contribution is -1.92. The molecule has 0 aromatic rings. The first kappa shape index (κ1) is 45.0. The number of azo groups is 2. The Morgan fingerprint density at radius 2 is 1.21 bits per heavy atom. The zero-order valence-corrected chi connectivity index (χ0v) is 19.6. The number of nitrogens with zero attached hydrogens (tertiary/aromatic N) is 4. The highest BCUT2D eigenvalue weighted by Gasteiger charge is 1.84. The van der Waals surface area contributed by atoms with E-state index >= 15 is 0 Å². The Balaban J connectivity index is -0.0000000384. The van der Waals surface area contributed by atoms with Gasteiger partial charge in [-0.1, -0.05) is 52.3 Å². The van der Waals surface area contributed by atoms with Gasteiger partial charge in [-0.05, 0) is 25.9 Å². The molecule has 0 rings (SSSR count). The van der Waals surface area contributed by atoms with Gasteiger partial charge in [0.25, 0.3) is 0 Å². The Kier molecular flexibility index (Phi) is 103. The maximum absolute atomic E-state index is 10.1. The number of unbranched alkanes of at least 4 members (excludes halogenated alkanes) is 1. The molecule has 0 spiro atoms. The summed E-state index contributed by atoms with van der Waals surface area (Å²) in [6.07, 6.45) is 9.63. The van der Waals surface area contributed by atoms with E-state index in [9.17, 15) is 10.0 Å². The average molecular weight is 409 g/mol. The molecular weight excluding hydrogens is 360 g/mol. The van der Waals surface area contributed by atoms with E-state index in [-0.39, 0.29) is 13.4 Å². The molecule has 0 aromatic heterocycles. The summed E-state index contributed by atoms with van der Waals surface area (Å²) in [6, 6.07) is 0. The molecule has 0 unspecified atom stereocenters. The summed E-state index contributed by atoms with van der Waals surface area (Å²) in [6.45, 7) is 10.1. The van der Waals surface area contributed by atoms with Crippen molar-refractivity contribution in [2.24, 2.45) is 15.3 Å². The predicted molar refractivity (Wildman–Crippen MR) is 122 cm³/mol. The molecule has 28 heavy (non-hydrogen) atoms. The normalized spacial score (nSPS) is 8.93. The minimum Gasteiger partial charge on any atom is -0.600 e. The summed E-state index contributed by atoms with van der Waals surface area (Å²) in [5.41, 5.74) is 0. The fraction of sp³-hybridized carbons (Fsp3) is 0.750. The Morgan fingerprint density at radius 1 is 0.929 bits per heavy atom. The van der Waals surface area contributed by atoms with Crippen LogP contribution in [-0.4, -0.2) is 60.4 Å². The fourth-order valence-electron chi connectivity index (χ4n) is 0.204. The van der Waals surface area contributed by atoms with Crippen molar-refractivity contribution in [1.82, 2.24) is 0 Å². The molecule has 0 aromatic carbocycles. The molecule has 0 aliphatic carbocycles. The van der Waals surface area contributed by atoms with E-state index in [4.69, 9.17) is 0 Å². The zero-order chi connectivity index (χ0) is 22.9. The first-order valence-electron chi connectivity index (χ1n) is 8.61. The van der Waals surface area contributed by atoms with Crippen molar-refractivity contribution in [3.8, 4) is 0 Å². The third-order valence-corrected chi connectivity index (χ3v) is 1.82. The number of allylic oxidation sites excluding steroid dienone is 3. The molecule has 8 heteroatoms. The Bertz CT molecular complexity index is 319. The van der Waals surface area contributed by atoms with Gasteiger partial charge in [-0.2, -0.15) is 10.2 Å². The van der Waals surface area contributed by atoms with Gasteiger partial charge in [0.2, 0.25) is 0 Å². The fourth-order valence-corrected chi connectivity index (χ4v) is 0.204. The van der Waals surface area contributed by atoms with Crippen LogP contribution >= 0.6 is 0 Å². The number of ether oxygens (including phenoxy) is 2. The molecule has 0 heterocycles. The van der Waals surface area contributed by atoms with Gasteiger partial charge >= 0.3 is 5.97 Å². The van der Waals surface area contributed by atoms with E-state index in [1.807, 2.05) is 26.0 Å². The number of esters is 1. The first-order valence-corrected chi connectivity index (χ1v) is 8.61. The van der Waals surface area contributed by atoms with Crippen LogP contribution in [0.1, 0.15) is 54.9 Å². The lowest BCUT2D eigenvalue weighted by atomic mass is 10.4. The SMILES string of the molecule is C.C/C=C/C(=O)OC.CC=CC.CCCC.CN=NC.CN=[N+](C)[O-].COC. The van der Waals surface area contributed by atoms with Gasteiger partial charge in [0.1, 0.15) is 0 Å². The van der Waals surface area contributed by atoms with E-state index in [0.717, 1.165) is 0 Å². The van der Waals surface area contributed by atoms with Crippen molar-refractivity contribution in [3.63, 3.8) is 0 Å². The van der Waals surface area contributed by atoms with Crippen LogP contribution in [0, 0.1) is 5.21 Å². The van der Waals surface area contributed by atoms with Crippen molar-refractivity contribution in [2.45, 2.75) is 54.9 Å². The summed E-state index contributed by atoms with van der Waals surface area (Å²) in [4.78, 5) is 10.6. The number of hydrogen-bond donors (Lipinski definition) is 0. The number of carbonyl (C=O) groups is 1. The first-order chi connectivity index (χ1) is 12.7. The lowest BCUT2D eigenvalue weighted by Gasteiger charge is -1.84. The topological polar surface area (TPSA) is 98.7 Å². The van der Waals surface area contributed by atoms with Crippen LogP contribution in [0.5, 0.6) is 0 Å². The highest BCUT2D eigenvalue weighted by atomic mass is 16.5. The summed E-state index contributed by atoms with van der Waals surface area (Å²) in [7, 11) is 10.6. The third-order valence-electron chi connectivity index (χ3n) is 1.82. The number of methoxy groups -OCH3 is 2. The molecule has 0 aliphatic heterocycles. The van der Waals surface area contributed by atoms with E-state index in [1.54, 1.807) is 41.3 Å². The minimum absolute atomic E-state index is 0. The van der Waals surface area contributed by atoms with Crippen LogP contribution in [0.25, 0.3) is 0 Å². The molecule has 8 nitrogen and oxygen atoms in total. The Morgan fingerprint density at radius 3 is 1.25 bits per heavy atom. The van der Waals surface area contributed by atoms with Gasteiger partial charge in [0.15, 0.2) is 7.05 Å². The Hall–Kier alpha value is -2.09. The molecule has 0 aliphatic rings. The summed E-state index contributed by atoms with van der Waals surface area (Å²) in [5.74, 6) is -0.303. The van der Waals surface area contributed by atoms with Gasteiger partial charge in [-0.25, -0.2) is 4.79 Å². The van der Waals surface area contributed by atoms with Gasteiger partial charge in [0.05, 0.1) is 14.2 Å². The predicted octanol–water partition coefficient (Wildman–Crippen LogP) is 5.93. The van der Waals surface area contributed by atoms with Crippen molar-refractivity contribution in [3.05, 3.63) is 29.5 Å². The number of carbonyl (C=O) groups excluding carboxylic acids is 1. The molecule has 0 saturated carbocycles. The van der Waals surface area contributed by atoms with E-state index in [0.29, 0.717) is 4.86 Å². The highest BCUT2D eigenvalue weighted by molar-refractivity contribution is 5.81. The van der Waals surface area contributed by atoms with Crippen LogP contribution < -0.4 is 0 Å². The maximum atomic E-state index is 10.1. The molecule has 0 radical (unpaired) electrons. The van der Waals surface area contributed by atoms with Gasteiger partial charge in [-0.3, -0.25) is 0 Å². The minimum atomic E-state index is -0.303. The lowest BCUT2D eigenvalue weighted by molar-refractivity contribution is -0.497. The Labute approximate surface area is 175 Å². The molecule has 0 fully saturated rings. The molecular formula is C20H48N4O4. The highest BCUT2D eigenvalue weighted by Crippen LogP contribution is 1.76. The van der Waals surface area contributed by atoms with E-state index < -0.39 is 0 Å². The van der Waals surface area contributed by atoms with Crippen LogP contribution in [0.3, 0.4) is 0 Å². The molecule has 0 saturated heterocycles. The average Bonchev–Trinajstić information content (AvgIpc) is 2.69. The van der Waals surface area contributed by atoms with Crippen LogP contribution in [-0.2, 0) is 14.3 Å². The van der Waals surface area contributed by atoms with E-state index in [1.165, 1.54) is 40.1 Å². The zero-order valence-electron chi connectivity index (χ0n) is 19.6. The largest absolute Gasteiger partial charge is 0.600 e. The summed E-state index contributed by atoms with van der Waals surface area (Å²) < 4.78 is 8.51.